The van der Waals surface area contributed by atoms with Crippen LogP contribution in [-0.4, -0.2) is 56.1 Å². The zero-order valence-electron chi connectivity index (χ0n) is 34.4. The molecule has 2 unspecified atom stereocenters. The number of halogens is 4. The van der Waals surface area contributed by atoms with Crippen LogP contribution in [-0.2, 0) is 47.7 Å². The predicted molar refractivity (Wildman–Crippen MR) is 261 cm³/mol. The second kappa shape index (κ2) is 22.5. The van der Waals surface area contributed by atoms with E-state index in [1.54, 1.807) is 6.92 Å². The first kappa shape index (κ1) is 52.3. The Morgan fingerprint density at radius 2 is 1.26 bits per heavy atom. The summed E-state index contributed by atoms with van der Waals surface area (Å²) in [4.78, 5) is 21.9. The molecule has 0 radical (unpaired) electrons. The largest absolute Gasteiger partial charge is 0.298 e. The smallest absolute Gasteiger partial charge is 0.229 e. The lowest BCUT2D eigenvalue weighted by atomic mass is 10.1. The quantitative estimate of drug-likeness (QED) is 0.126. The lowest BCUT2D eigenvalue weighted by Gasteiger charge is -2.15. The third-order valence-corrected chi connectivity index (χ3v) is 13.1. The molecule has 0 aliphatic heterocycles. The topological polar surface area (TPSA) is 187 Å². The summed E-state index contributed by atoms with van der Waals surface area (Å²) >= 11 is 13.8. The average molecular weight is 1150 g/mol. The maximum atomic E-state index is 11.5. The molecule has 0 amide bonds. The Labute approximate surface area is 393 Å². The summed E-state index contributed by atoms with van der Waals surface area (Å²) < 4.78 is 73.2. The first-order valence-electron chi connectivity index (χ1n) is 18.3. The number of fused-ring (bicyclic) bond motifs is 3. The van der Waals surface area contributed by atoms with Gasteiger partial charge in [-0.25, -0.2) is 35.1 Å². The number of sulfonamides is 3. The second-order valence-electron chi connectivity index (χ2n) is 14.5. The number of aldehydes is 1. The Hall–Kier alpha value is -3.07. The van der Waals surface area contributed by atoms with Gasteiger partial charge in [0.1, 0.15) is 6.29 Å². The van der Waals surface area contributed by atoms with Gasteiger partial charge >= 0.3 is 0 Å². The standard InChI is InChI=1S/2C11H12BrNO2S.2C10H9BrO.CH5NO2S/c2*1-7-6-9-8(4-3-5-10(9)12)11(7)13-16(2,14)15;1-6-5-8-7(10(6)12)3-2-4-9(8)11;1-8(7-12)6-9-4-2-3-5-10(9)11;1-5(2,3)4/h3-5,13H,6H2,1-2H3;3-6,11,13H,1-2H3;2-4,6H,5H2,1H3;2-7H,1H3;1H3,(H2,2,3,4)/b;;;8-6+;. The minimum Gasteiger partial charge on any atom is -0.298 e. The van der Waals surface area contributed by atoms with E-state index in [-0.39, 0.29) is 17.7 Å². The van der Waals surface area contributed by atoms with Crippen molar-refractivity contribution in [3.8, 4) is 0 Å². The van der Waals surface area contributed by atoms with Crippen molar-refractivity contribution in [3.05, 3.63) is 152 Å². The highest BCUT2D eigenvalue weighted by Crippen LogP contribution is 2.38. The molecule has 3 aliphatic rings. The molecule has 7 rings (SSSR count). The summed E-state index contributed by atoms with van der Waals surface area (Å²) in [6.07, 6.45) is 9.65. The maximum Gasteiger partial charge on any atom is 0.229 e. The molecule has 3 aliphatic carbocycles. The first-order valence-corrected chi connectivity index (χ1v) is 27.2. The van der Waals surface area contributed by atoms with Crippen LogP contribution < -0.4 is 14.6 Å². The van der Waals surface area contributed by atoms with Gasteiger partial charge in [0.05, 0.1) is 30.5 Å². The molecular formula is C43H47Br4N3O8S3. The maximum absolute atomic E-state index is 11.5. The van der Waals surface area contributed by atoms with Gasteiger partial charge in [-0.3, -0.25) is 14.3 Å². The van der Waals surface area contributed by atoms with Gasteiger partial charge in [0.25, 0.3) is 0 Å². The van der Waals surface area contributed by atoms with Crippen LogP contribution in [0.25, 0.3) is 17.8 Å². The molecule has 0 heterocycles. The number of nitrogens with one attached hydrogen (secondary N) is 2. The van der Waals surface area contributed by atoms with Crippen LogP contribution in [0.4, 0.5) is 0 Å². The molecule has 0 saturated heterocycles. The van der Waals surface area contributed by atoms with Crippen LogP contribution in [0.15, 0.2) is 113 Å². The molecule has 0 bridgehead atoms. The van der Waals surface area contributed by atoms with Gasteiger partial charge in [-0.05, 0) is 103 Å². The molecule has 18 heteroatoms. The van der Waals surface area contributed by atoms with Crippen LogP contribution in [0.3, 0.4) is 0 Å². The Balaban J connectivity index is 0.000000211. The van der Waals surface area contributed by atoms with E-state index >= 15 is 0 Å². The zero-order valence-corrected chi connectivity index (χ0v) is 43.2. The third kappa shape index (κ3) is 16.5. The van der Waals surface area contributed by atoms with Gasteiger partial charge in [-0.15, -0.1) is 0 Å². The Kier molecular flexibility index (Phi) is 19.3. The SMILES string of the molecule is C/C(C=O)=C\c1ccccc1Br.CC1=C(NS(C)(=O)=O)c2cccc(Br)c2C1.CC1=Cc2c(Br)cccc2C1NS(C)(=O)=O.CC1Cc2c(Br)cccc2C1=O.CS(N)(=O)=O. The molecule has 4 aromatic carbocycles. The zero-order chi connectivity index (χ0) is 46.0. The van der Waals surface area contributed by atoms with Crippen molar-refractivity contribution in [2.45, 2.75) is 46.6 Å². The van der Waals surface area contributed by atoms with Crippen LogP contribution in [0, 0.1) is 5.92 Å². The molecule has 2 atom stereocenters. The van der Waals surface area contributed by atoms with E-state index in [2.05, 4.69) is 78.3 Å². The summed E-state index contributed by atoms with van der Waals surface area (Å²) in [7, 11) is -9.59. The number of rotatable bonds is 6. The minimum atomic E-state index is -3.22. The van der Waals surface area contributed by atoms with E-state index in [1.807, 2.05) is 112 Å². The second-order valence-corrected chi connectivity index (χ2v) is 23.1. The number of benzene rings is 4. The Morgan fingerprint density at radius 3 is 1.80 bits per heavy atom. The Morgan fingerprint density at radius 1 is 0.738 bits per heavy atom. The number of primary sulfonamides is 1. The summed E-state index contributed by atoms with van der Waals surface area (Å²) in [5, 5.41) is 4.33. The fourth-order valence-corrected chi connectivity index (χ4v) is 9.63. The normalized spacial score (nSPS) is 16.4. The van der Waals surface area contributed by atoms with E-state index in [9.17, 15) is 34.8 Å². The fourth-order valence-electron chi connectivity index (χ4n) is 6.30. The number of carbonyl (C=O) groups excluding carboxylic acids is 2. The highest BCUT2D eigenvalue weighted by molar-refractivity contribution is 9.11. The number of hydrogen-bond donors (Lipinski definition) is 3. The summed E-state index contributed by atoms with van der Waals surface area (Å²) in [6, 6.07) is 25.0. The van der Waals surface area contributed by atoms with E-state index in [1.165, 1.54) is 18.1 Å². The van der Waals surface area contributed by atoms with Gasteiger partial charge < -0.3 is 0 Å². The summed E-state index contributed by atoms with van der Waals surface area (Å²) in [5.41, 5.74) is 10.8. The molecule has 4 N–H and O–H groups in total. The van der Waals surface area contributed by atoms with Crippen LogP contribution in [0.2, 0.25) is 0 Å². The first-order chi connectivity index (χ1) is 28.2. The number of ketones is 1. The van der Waals surface area contributed by atoms with E-state index in [0.29, 0.717) is 0 Å². The van der Waals surface area contributed by atoms with Crippen LogP contribution in [0.1, 0.15) is 77.5 Å². The van der Waals surface area contributed by atoms with E-state index in [4.69, 9.17) is 0 Å². The number of Topliss-reactive ketones (excluding diaryl/α,β-unsaturated/α-hetero) is 1. The predicted octanol–water partition coefficient (Wildman–Crippen LogP) is 9.52. The van der Waals surface area contributed by atoms with Crippen molar-refractivity contribution in [1.82, 2.24) is 9.44 Å². The van der Waals surface area contributed by atoms with Crippen LogP contribution in [0.5, 0.6) is 0 Å². The molecule has 61 heavy (non-hydrogen) atoms. The lowest BCUT2D eigenvalue weighted by Crippen LogP contribution is -2.27. The van der Waals surface area contributed by atoms with Gasteiger partial charge in [-0.2, -0.15) is 0 Å². The van der Waals surface area contributed by atoms with Gasteiger partial charge in [0, 0.05) is 34.9 Å². The highest BCUT2D eigenvalue weighted by atomic mass is 79.9. The van der Waals surface area contributed by atoms with Gasteiger partial charge in [-0.1, -0.05) is 137 Å². The lowest BCUT2D eigenvalue weighted by molar-refractivity contribution is -0.104. The molecule has 328 valence electrons. The number of hydrogen-bond acceptors (Lipinski definition) is 8. The van der Waals surface area contributed by atoms with Crippen LogP contribution >= 0.6 is 63.7 Å². The highest BCUT2D eigenvalue weighted by Gasteiger charge is 2.28. The van der Waals surface area contributed by atoms with Crippen molar-refractivity contribution < 1.29 is 34.8 Å². The number of carbonyl (C=O) groups is 2. The summed E-state index contributed by atoms with van der Waals surface area (Å²) in [6.45, 7) is 7.64. The van der Waals surface area contributed by atoms with Crippen molar-refractivity contribution in [2.75, 3.05) is 18.8 Å². The molecule has 4 aromatic rings. The van der Waals surface area contributed by atoms with Crippen molar-refractivity contribution in [2.24, 2.45) is 11.1 Å². The monoisotopic (exact) mass is 1140 g/mol. The fraction of sp³-hybridized carbons (Fsp3) is 0.256. The van der Waals surface area contributed by atoms with Gasteiger partial charge in [0.15, 0.2) is 5.78 Å². The van der Waals surface area contributed by atoms with Crippen molar-refractivity contribution in [1.29, 1.82) is 0 Å². The van der Waals surface area contributed by atoms with E-state index < -0.39 is 30.1 Å². The molecule has 0 fully saturated rings. The molecular weight excluding hydrogens is 1100 g/mol. The van der Waals surface area contributed by atoms with Gasteiger partial charge in [0.2, 0.25) is 30.1 Å². The molecule has 0 saturated carbocycles. The summed E-state index contributed by atoms with van der Waals surface area (Å²) in [5.74, 6) is 0.449. The van der Waals surface area contributed by atoms with Crippen molar-refractivity contribution in [3.63, 3.8) is 0 Å². The average Bonchev–Trinajstić information content (AvgIpc) is 3.75. The molecule has 0 aromatic heterocycles. The number of allylic oxidation sites excluding steroid dienone is 2. The molecule has 0 spiro atoms. The Bertz CT molecular complexity index is 2730. The minimum absolute atomic E-state index is 0.165. The van der Waals surface area contributed by atoms with E-state index in [0.717, 1.165) is 99.1 Å². The number of nitrogens with two attached hydrogens (primary N) is 1. The molecule has 11 nitrogen and oxygen atoms in total. The third-order valence-electron chi connectivity index (χ3n) is 8.92. The van der Waals surface area contributed by atoms with Crippen molar-refractivity contribution >= 4 is 124 Å².